The number of anilines is 1. The minimum Gasteiger partial charge on any atom is -0.393 e. The average molecular weight is 308 g/mol. The number of aromatic nitrogens is 2. The summed E-state index contributed by atoms with van der Waals surface area (Å²) in [6.07, 6.45) is 4.00. The van der Waals surface area contributed by atoms with Crippen LogP contribution in [0.1, 0.15) is 32.4 Å². The highest BCUT2D eigenvalue weighted by Gasteiger charge is 2.26. The van der Waals surface area contributed by atoms with E-state index in [2.05, 4.69) is 33.1 Å². The molecule has 21 heavy (non-hydrogen) atoms. The van der Waals surface area contributed by atoms with Crippen LogP contribution in [0.3, 0.4) is 0 Å². The highest BCUT2D eigenvalue weighted by atomic mass is 32.1. The largest absolute Gasteiger partial charge is 0.393 e. The van der Waals surface area contributed by atoms with Crippen LogP contribution in [0.15, 0.2) is 11.6 Å². The summed E-state index contributed by atoms with van der Waals surface area (Å²) < 4.78 is 2.20. The quantitative estimate of drug-likeness (QED) is 0.888. The molecular weight excluding hydrogens is 284 g/mol. The maximum Gasteiger partial charge on any atom is 0.195 e. The third-order valence-corrected chi connectivity index (χ3v) is 5.16. The van der Waals surface area contributed by atoms with Crippen molar-refractivity contribution in [3.05, 3.63) is 17.3 Å². The summed E-state index contributed by atoms with van der Waals surface area (Å²) >= 11 is 1.68. The normalized spacial score (nSPS) is 18.5. The van der Waals surface area contributed by atoms with Gasteiger partial charge in [0.25, 0.3) is 0 Å². The molecule has 1 aliphatic rings. The maximum absolute atomic E-state index is 9.74. The third-order valence-electron chi connectivity index (χ3n) is 4.40. The van der Waals surface area contributed by atoms with Crippen molar-refractivity contribution in [2.45, 2.75) is 39.3 Å². The van der Waals surface area contributed by atoms with Gasteiger partial charge in [0, 0.05) is 31.2 Å². The lowest BCUT2D eigenvalue weighted by atomic mass is 9.92. The van der Waals surface area contributed by atoms with Gasteiger partial charge in [-0.15, -0.1) is 11.3 Å². The van der Waals surface area contributed by atoms with Gasteiger partial charge in [0.1, 0.15) is 0 Å². The highest BCUT2D eigenvalue weighted by Crippen LogP contribution is 2.29. The van der Waals surface area contributed by atoms with Gasteiger partial charge in [-0.2, -0.15) is 0 Å². The highest BCUT2D eigenvalue weighted by molar-refractivity contribution is 7.15. The number of aliphatic hydroxyl groups is 1. The molecule has 0 aliphatic carbocycles. The van der Waals surface area contributed by atoms with E-state index in [9.17, 15) is 5.11 Å². The standard InChI is InChI=1S/C15H24N4OS/c1-3-16-10-13-14(17-15-19(13)8-9-21-15)18-6-4-12(5-7-18)11(2)20/h8-9,11-12,16,20H,3-7,10H2,1-2H3. The van der Waals surface area contributed by atoms with Crippen molar-refractivity contribution in [1.29, 1.82) is 0 Å². The predicted octanol–water partition coefficient (Wildman–Crippen LogP) is 2.10. The molecule has 1 atom stereocenters. The zero-order valence-corrected chi connectivity index (χ0v) is 13.6. The van der Waals surface area contributed by atoms with Gasteiger partial charge < -0.3 is 15.3 Å². The van der Waals surface area contributed by atoms with Crippen molar-refractivity contribution >= 4 is 22.1 Å². The number of imidazole rings is 1. The van der Waals surface area contributed by atoms with Crippen molar-refractivity contribution in [2.75, 3.05) is 24.5 Å². The Balaban J connectivity index is 1.81. The Morgan fingerprint density at radius 1 is 1.48 bits per heavy atom. The van der Waals surface area contributed by atoms with Crippen LogP contribution in [-0.2, 0) is 6.54 Å². The van der Waals surface area contributed by atoms with Gasteiger partial charge in [-0.05, 0) is 32.2 Å². The molecular formula is C15H24N4OS. The summed E-state index contributed by atoms with van der Waals surface area (Å²) in [5, 5.41) is 15.2. The number of piperidine rings is 1. The first-order chi connectivity index (χ1) is 10.2. The van der Waals surface area contributed by atoms with E-state index in [1.807, 2.05) is 6.92 Å². The fourth-order valence-electron chi connectivity index (χ4n) is 3.08. The van der Waals surface area contributed by atoms with Crippen LogP contribution in [0.25, 0.3) is 4.96 Å². The second-order valence-corrected chi connectivity index (χ2v) is 6.66. The summed E-state index contributed by atoms with van der Waals surface area (Å²) in [7, 11) is 0. The molecule has 0 spiro atoms. The molecule has 0 bridgehead atoms. The van der Waals surface area contributed by atoms with Crippen molar-refractivity contribution in [3.63, 3.8) is 0 Å². The summed E-state index contributed by atoms with van der Waals surface area (Å²) in [6, 6.07) is 0. The van der Waals surface area contributed by atoms with Crippen molar-refractivity contribution in [2.24, 2.45) is 5.92 Å². The molecule has 3 rings (SSSR count). The van der Waals surface area contributed by atoms with Crippen LogP contribution in [0.5, 0.6) is 0 Å². The fraction of sp³-hybridized carbons (Fsp3) is 0.667. The summed E-state index contributed by atoms with van der Waals surface area (Å²) in [4.78, 5) is 8.27. The Bertz CT molecular complexity index is 584. The van der Waals surface area contributed by atoms with Crippen LogP contribution < -0.4 is 10.2 Å². The van der Waals surface area contributed by atoms with Gasteiger partial charge in [0.2, 0.25) is 0 Å². The molecule has 5 nitrogen and oxygen atoms in total. The molecule has 3 heterocycles. The van der Waals surface area contributed by atoms with E-state index in [4.69, 9.17) is 4.98 Å². The second-order valence-electron chi connectivity index (χ2n) is 5.78. The van der Waals surface area contributed by atoms with Gasteiger partial charge in [-0.3, -0.25) is 4.40 Å². The zero-order valence-electron chi connectivity index (χ0n) is 12.7. The number of nitrogens with zero attached hydrogens (tertiary/aromatic N) is 3. The first kappa shape index (κ1) is 14.8. The number of aliphatic hydroxyl groups excluding tert-OH is 1. The summed E-state index contributed by atoms with van der Waals surface area (Å²) in [5.41, 5.74) is 1.25. The van der Waals surface area contributed by atoms with Gasteiger partial charge in [0.05, 0.1) is 11.8 Å². The van der Waals surface area contributed by atoms with Gasteiger partial charge in [0.15, 0.2) is 10.8 Å². The van der Waals surface area contributed by atoms with E-state index in [1.165, 1.54) is 5.69 Å². The molecule has 0 amide bonds. The molecule has 0 radical (unpaired) electrons. The second kappa shape index (κ2) is 6.34. The number of hydrogen-bond donors (Lipinski definition) is 2. The van der Waals surface area contributed by atoms with Crippen LogP contribution >= 0.6 is 11.3 Å². The van der Waals surface area contributed by atoms with Gasteiger partial charge >= 0.3 is 0 Å². The molecule has 2 aromatic heterocycles. The number of hydrogen-bond acceptors (Lipinski definition) is 5. The number of nitrogens with one attached hydrogen (secondary N) is 1. The lowest BCUT2D eigenvalue weighted by molar-refractivity contribution is 0.110. The van der Waals surface area contributed by atoms with Gasteiger partial charge in [-0.1, -0.05) is 6.92 Å². The SMILES string of the molecule is CCNCc1c(N2CCC(C(C)O)CC2)nc2sccn12. The predicted molar refractivity (Wildman–Crippen MR) is 87.1 cm³/mol. The topological polar surface area (TPSA) is 52.8 Å². The molecule has 0 saturated carbocycles. The summed E-state index contributed by atoms with van der Waals surface area (Å²) in [6.45, 7) is 7.81. The van der Waals surface area contributed by atoms with E-state index in [1.54, 1.807) is 11.3 Å². The van der Waals surface area contributed by atoms with E-state index in [0.29, 0.717) is 5.92 Å². The number of rotatable bonds is 5. The van der Waals surface area contributed by atoms with Crippen molar-refractivity contribution in [3.8, 4) is 0 Å². The molecule has 1 unspecified atom stereocenters. The van der Waals surface area contributed by atoms with E-state index < -0.39 is 0 Å². The Kier molecular flexibility index (Phi) is 4.47. The monoisotopic (exact) mass is 308 g/mol. The molecule has 1 fully saturated rings. The Labute approximate surface area is 129 Å². The lowest BCUT2D eigenvalue weighted by Gasteiger charge is -2.34. The minimum absolute atomic E-state index is 0.195. The number of fused-ring (bicyclic) bond motifs is 1. The average Bonchev–Trinajstić information content (AvgIpc) is 3.06. The Morgan fingerprint density at radius 2 is 2.24 bits per heavy atom. The van der Waals surface area contributed by atoms with Crippen LogP contribution in [0.4, 0.5) is 5.82 Å². The number of thiazole rings is 1. The molecule has 6 heteroatoms. The smallest absolute Gasteiger partial charge is 0.195 e. The molecule has 1 aliphatic heterocycles. The third kappa shape index (κ3) is 2.93. The molecule has 116 valence electrons. The fourth-order valence-corrected chi connectivity index (χ4v) is 3.80. The zero-order chi connectivity index (χ0) is 14.8. The lowest BCUT2D eigenvalue weighted by Crippen LogP contribution is -2.38. The maximum atomic E-state index is 9.74. The van der Waals surface area contributed by atoms with E-state index in [0.717, 1.165) is 49.8 Å². The van der Waals surface area contributed by atoms with Crippen molar-refractivity contribution < 1.29 is 5.11 Å². The van der Waals surface area contributed by atoms with Crippen LogP contribution in [0.2, 0.25) is 0 Å². The molecule has 2 aromatic rings. The summed E-state index contributed by atoms with van der Waals surface area (Å²) in [5.74, 6) is 1.55. The van der Waals surface area contributed by atoms with E-state index in [-0.39, 0.29) is 6.10 Å². The van der Waals surface area contributed by atoms with Crippen LogP contribution in [-0.4, -0.2) is 40.2 Å². The Hall–Kier alpha value is -1.11. The van der Waals surface area contributed by atoms with E-state index >= 15 is 0 Å². The molecule has 2 N–H and O–H groups in total. The minimum atomic E-state index is -0.195. The van der Waals surface area contributed by atoms with Crippen LogP contribution in [0, 0.1) is 5.92 Å². The first-order valence-electron chi connectivity index (χ1n) is 7.78. The van der Waals surface area contributed by atoms with Crippen molar-refractivity contribution in [1.82, 2.24) is 14.7 Å². The Morgan fingerprint density at radius 3 is 2.90 bits per heavy atom. The first-order valence-corrected chi connectivity index (χ1v) is 8.66. The molecule has 1 saturated heterocycles. The molecule has 0 aromatic carbocycles. The van der Waals surface area contributed by atoms with Gasteiger partial charge in [-0.25, -0.2) is 4.98 Å².